The predicted molar refractivity (Wildman–Crippen MR) is 83.5 cm³/mol. The van der Waals surface area contributed by atoms with Crippen LogP contribution in [0.2, 0.25) is 5.02 Å². The van der Waals surface area contributed by atoms with Crippen LogP contribution >= 0.6 is 11.6 Å². The molecule has 2 heterocycles. The molecular weight excluding hydrogens is 272 g/mol. The molecule has 3 rings (SSSR count). The first-order valence-corrected chi connectivity index (χ1v) is 7.35. The van der Waals surface area contributed by atoms with Crippen molar-refractivity contribution in [1.82, 2.24) is 14.9 Å². The summed E-state index contributed by atoms with van der Waals surface area (Å²) in [5.41, 5.74) is 1.76. The van der Waals surface area contributed by atoms with Crippen molar-refractivity contribution < 1.29 is 0 Å². The lowest BCUT2D eigenvalue weighted by atomic mass is 10.0. The Bertz CT molecular complexity index is 606. The Hall–Kier alpha value is -1.39. The first-order chi connectivity index (χ1) is 9.63. The number of fused-ring (bicyclic) bond motifs is 1. The molecule has 0 unspecified atom stereocenters. The van der Waals surface area contributed by atoms with Crippen LogP contribution in [-0.2, 0) is 0 Å². The summed E-state index contributed by atoms with van der Waals surface area (Å²) in [4.78, 5) is 13.8. The fourth-order valence-electron chi connectivity index (χ4n) is 2.74. The zero-order chi connectivity index (χ0) is 14.1. The Morgan fingerprint density at radius 1 is 1.20 bits per heavy atom. The molecule has 0 spiro atoms. The third-order valence-corrected chi connectivity index (χ3v) is 4.25. The Balaban J connectivity index is 1.79. The van der Waals surface area contributed by atoms with Crippen LogP contribution in [-0.4, -0.2) is 48.1 Å². The highest BCUT2D eigenvalue weighted by Gasteiger charge is 2.21. The Labute approximate surface area is 124 Å². The van der Waals surface area contributed by atoms with E-state index in [-0.39, 0.29) is 0 Å². The number of rotatable bonds is 2. The minimum Gasteiger partial charge on any atom is -0.355 e. The minimum atomic E-state index is 0.679. The molecule has 20 heavy (non-hydrogen) atoms. The molecule has 1 saturated heterocycles. The van der Waals surface area contributed by atoms with Crippen LogP contribution in [0.25, 0.3) is 11.0 Å². The SMILES string of the molecule is CN(C)C1CCN(c2cnc3cc(Cl)ccc3n2)CC1. The number of halogens is 1. The average Bonchev–Trinajstić information content (AvgIpc) is 2.47. The van der Waals surface area contributed by atoms with Crippen molar-refractivity contribution in [2.75, 3.05) is 32.1 Å². The van der Waals surface area contributed by atoms with E-state index in [9.17, 15) is 0 Å². The summed E-state index contributed by atoms with van der Waals surface area (Å²) in [5.74, 6) is 0.969. The van der Waals surface area contributed by atoms with E-state index in [1.807, 2.05) is 24.4 Å². The van der Waals surface area contributed by atoms with Gasteiger partial charge in [-0.2, -0.15) is 0 Å². The predicted octanol–water partition coefficient (Wildman–Crippen LogP) is 2.81. The van der Waals surface area contributed by atoms with E-state index in [4.69, 9.17) is 16.6 Å². The topological polar surface area (TPSA) is 32.3 Å². The molecule has 0 saturated carbocycles. The molecule has 5 heteroatoms. The van der Waals surface area contributed by atoms with Crippen LogP contribution < -0.4 is 4.90 Å². The van der Waals surface area contributed by atoms with Gasteiger partial charge in [0.05, 0.1) is 17.2 Å². The molecule has 1 fully saturated rings. The molecule has 1 aliphatic rings. The largest absolute Gasteiger partial charge is 0.355 e. The van der Waals surface area contributed by atoms with Gasteiger partial charge in [0.15, 0.2) is 0 Å². The molecule has 0 radical (unpaired) electrons. The van der Waals surface area contributed by atoms with E-state index >= 15 is 0 Å². The highest BCUT2D eigenvalue weighted by Crippen LogP contribution is 2.22. The molecule has 1 aromatic carbocycles. The number of hydrogen-bond donors (Lipinski definition) is 0. The van der Waals surface area contributed by atoms with Crippen molar-refractivity contribution in [1.29, 1.82) is 0 Å². The highest BCUT2D eigenvalue weighted by atomic mass is 35.5. The maximum Gasteiger partial charge on any atom is 0.147 e. The zero-order valence-corrected chi connectivity index (χ0v) is 12.6. The second-order valence-corrected chi connectivity index (χ2v) is 5.98. The Morgan fingerprint density at radius 2 is 1.95 bits per heavy atom. The fraction of sp³-hybridized carbons (Fsp3) is 0.467. The summed E-state index contributed by atoms with van der Waals surface area (Å²) in [7, 11) is 4.31. The van der Waals surface area contributed by atoms with Crippen LogP contribution in [0.3, 0.4) is 0 Å². The van der Waals surface area contributed by atoms with E-state index in [1.165, 1.54) is 12.8 Å². The normalized spacial score (nSPS) is 17.1. The first-order valence-electron chi connectivity index (χ1n) is 6.97. The van der Waals surface area contributed by atoms with Gasteiger partial charge in [0.2, 0.25) is 0 Å². The van der Waals surface area contributed by atoms with Gasteiger partial charge in [-0.25, -0.2) is 4.98 Å². The highest BCUT2D eigenvalue weighted by molar-refractivity contribution is 6.31. The van der Waals surface area contributed by atoms with E-state index in [0.717, 1.165) is 29.9 Å². The Kier molecular flexibility index (Phi) is 3.76. The van der Waals surface area contributed by atoms with Crippen molar-refractivity contribution >= 4 is 28.5 Å². The molecule has 0 N–H and O–H groups in total. The molecule has 106 valence electrons. The van der Waals surface area contributed by atoms with Crippen molar-refractivity contribution in [3.05, 3.63) is 29.4 Å². The zero-order valence-electron chi connectivity index (χ0n) is 11.9. The number of benzene rings is 1. The Morgan fingerprint density at radius 3 is 2.65 bits per heavy atom. The third-order valence-electron chi connectivity index (χ3n) is 4.01. The van der Waals surface area contributed by atoms with Crippen molar-refractivity contribution in [2.24, 2.45) is 0 Å². The summed E-state index contributed by atoms with van der Waals surface area (Å²) in [5, 5.41) is 0.700. The lowest BCUT2D eigenvalue weighted by Crippen LogP contribution is -2.42. The van der Waals surface area contributed by atoms with Gasteiger partial charge < -0.3 is 9.80 Å². The summed E-state index contributed by atoms with van der Waals surface area (Å²) in [6.07, 6.45) is 4.20. The molecule has 0 amide bonds. The number of piperidine rings is 1. The van der Waals surface area contributed by atoms with Gasteiger partial charge in [-0.3, -0.25) is 4.98 Å². The van der Waals surface area contributed by atoms with E-state index in [1.54, 1.807) is 0 Å². The smallest absolute Gasteiger partial charge is 0.147 e. The molecule has 0 aliphatic carbocycles. The minimum absolute atomic E-state index is 0.679. The number of anilines is 1. The van der Waals surface area contributed by atoms with Gasteiger partial charge in [-0.05, 0) is 45.1 Å². The van der Waals surface area contributed by atoms with Gasteiger partial charge >= 0.3 is 0 Å². The van der Waals surface area contributed by atoms with Crippen LogP contribution in [0.15, 0.2) is 24.4 Å². The van der Waals surface area contributed by atoms with Crippen molar-refractivity contribution in [2.45, 2.75) is 18.9 Å². The quantitative estimate of drug-likeness (QED) is 0.851. The second-order valence-electron chi connectivity index (χ2n) is 5.54. The third kappa shape index (κ3) is 2.72. The lowest BCUT2D eigenvalue weighted by Gasteiger charge is -2.35. The van der Waals surface area contributed by atoms with Gasteiger partial charge in [0.1, 0.15) is 5.82 Å². The van der Waals surface area contributed by atoms with E-state index in [2.05, 4.69) is 28.9 Å². The van der Waals surface area contributed by atoms with Crippen LogP contribution in [0, 0.1) is 0 Å². The number of aromatic nitrogens is 2. The molecule has 2 aromatic rings. The standard InChI is InChI=1S/C15H19ClN4/c1-19(2)12-5-7-20(8-6-12)15-10-17-14-9-11(16)3-4-13(14)18-15/h3-4,9-10,12H,5-8H2,1-2H3. The van der Waals surface area contributed by atoms with E-state index < -0.39 is 0 Å². The summed E-state index contributed by atoms with van der Waals surface area (Å²) >= 11 is 5.97. The van der Waals surface area contributed by atoms with Crippen molar-refractivity contribution in [3.8, 4) is 0 Å². The van der Waals surface area contributed by atoms with Gasteiger partial charge in [0.25, 0.3) is 0 Å². The summed E-state index contributed by atoms with van der Waals surface area (Å²) in [6, 6.07) is 6.33. The van der Waals surface area contributed by atoms with Gasteiger partial charge in [-0.1, -0.05) is 11.6 Å². The molecule has 1 aromatic heterocycles. The van der Waals surface area contributed by atoms with Crippen LogP contribution in [0.5, 0.6) is 0 Å². The second kappa shape index (κ2) is 5.54. The molecular formula is C15H19ClN4. The van der Waals surface area contributed by atoms with Gasteiger partial charge in [0, 0.05) is 24.2 Å². The average molecular weight is 291 g/mol. The molecule has 1 aliphatic heterocycles. The maximum atomic E-state index is 5.97. The first kappa shape index (κ1) is 13.6. The number of hydrogen-bond acceptors (Lipinski definition) is 4. The summed E-state index contributed by atoms with van der Waals surface area (Å²) in [6.45, 7) is 2.08. The molecule has 0 bridgehead atoms. The lowest BCUT2D eigenvalue weighted by molar-refractivity contribution is 0.249. The monoisotopic (exact) mass is 290 g/mol. The van der Waals surface area contributed by atoms with Crippen LogP contribution in [0.1, 0.15) is 12.8 Å². The van der Waals surface area contributed by atoms with Crippen LogP contribution in [0.4, 0.5) is 5.82 Å². The summed E-state index contributed by atoms with van der Waals surface area (Å²) < 4.78 is 0. The van der Waals surface area contributed by atoms with E-state index in [0.29, 0.717) is 11.1 Å². The molecule has 4 nitrogen and oxygen atoms in total. The molecule has 0 atom stereocenters. The fourth-order valence-corrected chi connectivity index (χ4v) is 2.90. The van der Waals surface area contributed by atoms with Gasteiger partial charge in [-0.15, -0.1) is 0 Å². The number of nitrogens with zero attached hydrogens (tertiary/aromatic N) is 4. The van der Waals surface area contributed by atoms with Crippen molar-refractivity contribution in [3.63, 3.8) is 0 Å². The maximum absolute atomic E-state index is 5.97.